The second-order valence-electron chi connectivity index (χ2n) is 4.84. The van der Waals surface area contributed by atoms with E-state index >= 15 is 0 Å². The lowest BCUT2D eigenvalue weighted by Gasteiger charge is -2.10. The van der Waals surface area contributed by atoms with Crippen LogP contribution in [0.25, 0.3) is 0 Å². The molecule has 0 aliphatic rings. The number of hydrogen-bond acceptors (Lipinski definition) is 4. The lowest BCUT2D eigenvalue weighted by atomic mass is 10.2. The van der Waals surface area contributed by atoms with E-state index in [9.17, 15) is 0 Å². The molecular weight excluding hydrogens is 290 g/mol. The van der Waals surface area contributed by atoms with E-state index < -0.39 is 0 Å². The first-order chi connectivity index (χ1) is 9.60. The predicted octanol–water partition coefficient (Wildman–Crippen LogP) is 4.91. The molecule has 5 heteroatoms. The first kappa shape index (κ1) is 15.3. The van der Waals surface area contributed by atoms with E-state index in [2.05, 4.69) is 34.8 Å². The average Bonchev–Trinajstić information content (AvgIpc) is 2.88. The van der Waals surface area contributed by atoms with Gasteiger partial charge >= 0.3 is 0 Å². The Balaban J connectivity index is 2.05. The fraction of sp³-hybridized carbons (Fsp3) is 0.400. The molecule has 2 N–H and O–H groups in total. The van der Waals surface area contributed by atoms with Crippen LogP contribution < -0.4 is 10.6 Å². The zero-order valence-corrected chi connectivity index (χ0v) is 13.6. The number of nitrogens with zero attached hydrogens (tertiary/aromatic N) is 1. The maximum absolute atomic E-state index is 5.97. The fourth-order valence-corrected chi connectivity index (χ4v) is 2.93. The highest BCUT2D eigenvalue weighted by Crippen LogP contribution is 2.27. The lowest BCUT2D eigenvalue weighted by molar-refractivity contribution is 0.561. The maximum Gasteiger partial charge on any atom is 0.187 e. The van der Waals surface area contributed by atoms with Crippen LogP contribution >= 0.6 is 22.9 Å². The van der Waals surface area contributed by atoms with Gasteiger partial charge in [0.1, 0.15) is 0 Å². The van der Waals surface area contributed by atoms with Crippen LogP contribution in [-0.2, 0) is 0 Å². The van der Waals surface area contributed by atoms with Gasteiger partial charge in [-0.3, -0.25) is 0 Å². The van der Waals surface area contributed by atoms with E-state index in [1.165, 1.54) is 0 Å². The molecule has 0 fully saturated rings. The minimum absolute atomic E-state index is 0.285. The summed E-state index contributed by atoms with van der Waals surface area (Å²) in [6.45, 7) is 7.35. The van der Waals surface area contributed by atoms with Crippen LogP contribution in [0.15, 0.2) is 23.6 Å². The van der Waals surface area contributed by atoms with Crippen molar-refractivity contribution in [2.75, 3.05) is 11.9 Å². The van der Waals surface area contributed by atoms with E-state index in [0.29, 0.717) is 0 Å². The maximum atomic E-state index is 5.97. The van der Waals surface area contributed by atoms with Crippen LogP contribution in [0.4, 0.5) is 10.8 Å². The van der Waals surface area contributed by atoms with Gasteiger partial charge in [-0.05, 0) is 50.6 Å². The van der Waals surface area contributed by atoms with Crippen molar-refractivity contribution < 1.29 is 0 Å². The Morgan fingerprint density at radius 1 is 1.40 bits per heavy atom. The molecule has 3 nitrogen and oxygen atoms in total. The van der Waals surface area contributed by atoms with Gasteiger partial charge in [0.15, 0.2) is 5.13 Å². The summed E-state index contributed by atoms with van der Waals surface area (Å²) in [5.41, 5.74) is 3.24. The standard InChI is InChI=1S/C15H20ClN3S/c1-4-7-17-11(3)14-9-20-15(19-14)18-13-6-5-12(16)8-10(13)2/h5-6,8-9,11,17H,4,7H2,1-3H3,(H,18,19). The van der Waals surface area contributed by atoms with Crippen LogP contribution in [0, 0.1) is 6.92 Å². The Labute approximate surface area is 129 Å². The van der Waals surface area contributed by atoms with E-state index in [1.807, 2.05) is 25.1 Å². The van der Waals surface area contributed by atoms with Crippen LogP contribution in [-0.4, -0.2) is 11.5 Å². The molecule has 0 spiro atoms. The highest BCUT2D eigenvalue weighted by Gasteiger charge is 2.10. The van der Waals surface area contributed by atoms with Crippen molar-refractivity contribution in [1.82, 2.24) is 10.3 Å². The molecular formula is C15H20ClN3S. The van der Waals surface area contributed by atoms with Gasteiger partial charge in [-0.15, -0.1) is 11.3 Å². The first-order valence-corrected chi connectivity index (χ1v) is 8.08. The molecule has 108 valence electrons. The third-order valence-corrected chi connectivity index (χ3v) is 4.11. The number of rotatable bonds is 6. The SMILES string of the molecule is CCCNC(C)c1csc(Nc2ccc(Cl)cc2C)n1. The number of benzene rings is 1. The summed E-state index contributed by atoms with van der Waals surface area (Å²) < 4.78 is 0. The summed E-state index contributed by atoms with van der Waals surface area (Å²) in [5, 5.41) is 10.6. The Morgan fingerprint density at radius 3 is 2.90 bits per heavy atom. The summed E-state index contributed by atoms with van der Waals surface area (Å²) >= 11 is 7.59. The minimum atomic E-state index is 0.285. The van der Waals surface area contributed by atoms with Crippen molar-refractivity contribution in [3.63, 3.8) is 0 Å². The number of thiazole rings is 1. The van der Waals surface area contributed by atoms with Crippen molar-refractivity contribution >= 4 is 33.8 Å². The molecule has 1 unspecified atom stereocenters. The summed E-state index contributed by atoms with van der Waals surface area (Å²) in [4.78, 5) is 4.63. The van der Waals surface area contributed by atoms with Crippen molar-refractivity contribution in [2.45, 2.75) is 33.2 Å². The third kappa shape index (κ3) is 3.95. The molecule has 1 heterocycles. The van der Waals surface area contributed by atoms with Gasteiger partial charge < -0.3 is 10.6 Å². The van der Waals surface area contributed by atoms with Gasteiger partial charge in [-0.1, -0.05) is 18.5 Å². The monoisotopic (exact) mass is 309 g/mol. The molecule has 0 saturated carbocycles. The van der Waals surface area contributed by atoms with E-state index in [0.717, 1.165) is 40.1 Å². The van der Waals surface area contributed by atoms with Crippen molar-refractivity contribution in [3.8, 4) is 0 Å². The Kier molecular flexibility index (Phi) is 5.40. The van der Waals surface area contributed by atoms with Crippen LogP contribution in [0.3, 0.4) is 0 Å². The Morgan fingerprint density at radius 2 is 2.20 bits per heavy atom. The van der Waals surface area contributed by atoms with E-state index in [1.54, 1.807) is 11.3 Å². The second-order valence-corrected chi connectivity index (χ2v) is 6.13. The smallest absolute Gasteiger partial charge is 0.187 e. The molecule has 2 rings (SSSR count). The van der Waals surface area contributed by atoms with Gasteiger partial charge in [-0.25, -0.2) is 4.98 Å². The molecule has 0 radical (unpaired) electrons. The first-order valence-electron chi connectivity index (χ1n) is 6.82. The largest absolute Gasteiger partial charge is 0.331 e. The zero-order valence-electron chi connectivity index (χ0n) is 12.0. The number of nitrogens with one attached hydrogen (secondary N) is 2. The molecule has 0 saturated heterocycles. The average molecular weight is 310 g/mol. The predicted molar refractivity (Wildman–Crippen MR) is 88.3 cm³/mol. The topological polar surface area (TPSA) is 37.0 Å². The Hall–Kier alpha value is -1.10. The number of halogens is 1. The van der Waals surface area contributed by atoms with E-state index in [-0.39, 0.29) is 6.04 Å². The minimum Gasteiger partial charge on any atom is -0.331 e. The van der Waals surface area contributed by atoms with Gasteiger partial charge in [0.25, 0.3) is 0 Å². The van der Waals surface area contributed by atoms with Gasteiger partial charge in [-0.2, -0.15) is 0 Å². The zero-order chi connectivity index (χ0) is 14.5. The molecule has 1 atom stereocenters. The molecule has 20 heavy (non-hydrogen) atoms. The highest BCUT2D eigenvalue weighted by atomic mass is 35.5. The van der Waals surface area contributed by atoms with E-state index in [4.69, 9.17) is 11.6 Å². The van der Waals surface area contributed by atoms with Crippen molar-refractivity contribution in [3.05, 3.63) is 39.9 Å². The van der Waals surface area contributed by atoms with Gasteiger partial charge in [0, 0.05) is 22.1 Å². The molecule has 0 amide bonds. The van der Waals surface area contributed by atoms with Gasteiger partial charge in [0.05, 0.1) is 5.69 Å². The normalized spacial score (nSPS) is 12.4. The quantitative estimate of drug-likeness (QED) is 0.796. The van der Waals surface area contributed by atoms with Crippen molar-refractivity contribution in [1.29, 1.82) is 0 Å². The molecule has 0 aliphatic carbocycles. The number of aromatic nitrogens is 1. The van der Waals surface area contributed by atoms with Crippen LogP contribution in [0.1, 0.15) is 37.6 Å². The Bertz CT molecular complexity index is 568. The van der Waals surface area contributed by atoms with Crippen molar-refractivity contribution in [2.24, 2.45) is 0 Å². The summed E-state index contributed by atoms with van der Waals surface area (Å²) in [7, 11) is 0. The van der Waals surface area contributed by atoms with Crippen LogP contribution in [0.5, 0.6) is 0 Å². The third-order valence-electron chi connectivity index (χ3n) is 3.10. The lowest BCUT2D eigenvalue weighted by Crippen LogP contribution is -2.19. The molecule has 0 bridgehead atoms. The summed E-state index contributed by atoms with van der Waals surface area (Å²) in [5.74, 6) is 0. The molecule has 1 aromatic carbocycles. The fourth-order valence-electron chi connectivity index (χ4n) is 1.89. The molecule has 2 aromatic rings. The van der Waals surface area contributed by atoms with Gasteiger partial charge in [0.2, 0.25) is 0 Å². The number of aryl methyl sites for hydroxylation is 1. The second kappa shape index (κ2) is 7.07. The van der Waals surface area contributed by atoms with Crippen LogP contribution in [0.2, 0.25) is 5.02 Å². The number of hydrogen-bond donors (Lipinski definition) is 2. The molecule has 1 aromatic heterocycles. The summed E-state index contributed by atoms with van der Waals surface area (Å²) in [6, 6.07) is 6.10. The molecule has 0 aliphatic heterocycles. The number of anilines is 2. The summed E-state index contributed by atoms with van der Waals surface area (Å²) in [6.07, 6.45) is 1.13. The highest BCUT2D eigenvalue weighted by molar-refractivity contribution is 7.13.